The topological polar surface area (TPSA) is 32.3 Å². The number of carbonyl (C=O) groups is 1. The number of nitrogens with zero attached hydrogens (tertiary/aromatic N) is 1. The van der Waals surface area contributed by atoms with Crippen LogP contribution < -0.4 is 5.32 Å². The summed E-state index contributed by atoms with van der Waals surface area (Å²) in [6.45, 7) is 1.43. The Morgan fingerprint density at radius 2 is 1.59 bits per heavy atom. The lowest BCUT2D eigenvalue weighted by Crippen LogP contribution is -2.51. The number of hydrogen-bond donors (Lipinski definition) is 1. The summed E-state index contributed by atoms with van der Waals surface area (Å²) in [7, 11) is 0. The van der Waals surface area contributed by atoms with Crippen LogP contribution in [0.1, 0.15) is 34.3 Å². The summed E-state index contributed by atoms with van der Waals surface area (Å²) in [6.07, 6.45) is 2.55. The Hall–Kier alpha value is -2.04. The highest BCUT2D eigenvalue weighted by Gasteiger charge is 2.32. The highest BCUT2D eigenvalue weighted by Crippen LogP contribution is 2.26. The summed E-state index contributed by atoms with van der Waals surface area (Å²) < 4.78 is 0. The third kappa shape index (κ3) is 6.05. The number of hydrogen-bond acceptors (Lipinski definition) is 2. The average Bonchev–Trinajstić information content (AvgIpc) is 2.77. The van der Waals surface area contributed by atoms with E-state index in [9.17, 15) is 4.79 Å². The van der Waals surface area contributed by atoms with Gasteiger partial charge in [-0.2, -0.15) is 0 Å². The van der Waals surface area contributed by atoms with E-state index in [1.807, 2.05) is 41.3 Å². The van der Waals surface area contributed by atoms with Gasteiger partial charge in [-0.3, -0.25) is 4.79 Å². The van der Waals surface area contributed by atoms with Gasteiger partial charge in [0.2, 0.25) is 0 Å². The van der Waals surface area contributed by atoms with Gasteiger partial charge in [-0.1, -0.05) is 77.3 Å². The second-order valence-electron chi connectivity index (χ2n) is 8.23. The van der Waals surface area contributed by atoms with Crippen LogP contribution in [-0.4, -0.2) is 29.4 Å². The Kier molecular flexibility index (Phi) is 7.75. The minimum Gasteiger partial charge on any atom is -0.335 e. The maximum Gasteiger partial charge on any atom is 0.254 e. The first-order chi connectivity index (χ1) is 15.5. The van der Waals surface area contributed by atoms with Gasteiger partial charge in [0.1, 0.15) is 0 Å². The van der Waals surface area contributed by atoms with Crippen LogP contribution in [0.3, 0.4) is 0 Å². The Bertz CT molecular complexity index is 1050. The molecule has 6 heteroatoms. The molecule has 0 bridgehead atoms. The normalized spacial score (nSPS) is 18.5. The number of benzene rings is 3. The Labute approximate surface area is 204 Å². The fourth-order valence-electron chi connectivity index (χ4n) is 4.34. The number of piperidine rings is 1. The molecule has 1 aliphatic heterocycles. The molecule has 0 saturated carbocycles. The van der Waals surface area contributed by atoms with Crippen molar-refractivity contribution in [3.63, 3.8) is 0 Å². The lowest BCUT2D eigenvalue weighted by Gasteiger charge is -2.40. The molecule has 0 radical (unpaired) electrons. The molecule has 1 aliphatic rings. The van der Waals surface area contributed by atoms with Crippen molar-refractivity contribution in [3.05, 3.63) is 105 Å². The summed E-state index contributed by atoms with van der Waals surface area (Å²) >= 11 is 18.4. The first-order valence-electron chi connectivity index (χ1n) is 10.8. The second-order valence-corrected chi connectivity index (χ2v) is 9.54. The molecular weight excluding hydrogens is 463 g/mol. The van der Waals surface area contributed by atoms with Crippen LogP contribution in [0.25, 0.3) is 0 Å². The molecule has 1 saturated heterocycles. The largest absolute Gasteiger partial charge is 0.335 e. The Morgan fingerprint density at radius 3 is 2.31 bits per heavy atom. The zero-order valence-corrected chi connectivity index (χ0v) is 19.9. The highest BCUT2D eigenvalue weighted by atomic mass is 35.5. The number of likely N-dealkylation sites (tertiary alicyclic amines) is 1. The maximum atomic E-state index is 13.4. The zero-order chi connectivity index (χ0) is 22.5. The van der Waals surface area contributed by atoms with Crippen LogP contribution in [0, 0.1) is 0 Å². The molecule has 1 N–H and O–H groups in total. The molecule has 0 unspecified atom stereocenters. The van der Waals surface area contributed by atoms with Crippen molar-refractivity contribution in [2.24, 2.45) is 0 Å². The van der Waals surface area contributed by atoms with Crippen LogP contribution in [0.4, 0.5) is 0 Å². The quantitative estimate of drug-likeness (QED) is 0.422. The number of amides is 1. The number of rotatable bonds is 6. The molecular formula is C26H25Cl3N2O. The molecule has 32 heavy (non-hydrogen) atoms. The third-order valence-electron chi connectivity index (χ3n) is 5.88. The van der Waals surface area contributed by atoms with Gasteiger partial charge in [0.05, 0.1) is 0 Å². The molecule has 1 amide bonds. The lowest BCUT2D eigenvalue weighted by molar-refractivity contribution is 0.0576. The molecule has 3 nitrogen and oxygen atoms in total. The van der Waals surface area contributed by atoms with Gasteiger partial charge in [-0.15, -0.1) is 0 Å². The molecule has 2 atom stereocenters. The summed E-state index contributed by atoms with van der Waals surface area (Å²) in [6, 6.07) is 23.6. The van der Waals surface area contributed by atoms with Crippen molar-refractivity contribution in [2.45, 2.75) is 37.9 Å². The molecule has 3 aromatic rings. The van der Waals surface area contributed by atoms with Crippen molar-refractivity contribution in [1.29, 1.82) is 0 Å². The first-order valence-corrected chi connectivity index (χ1v) is 11.9. The van der Waals surface area contributed by atoms with Gasteiger partial charge >= 0.3 is 0 Å². The Balaban J connectivity index is 1.50. The smallest absolute Gasteiger partial charge is 0.254 e. The fraction of sp³-hybridized carbons (Fsp3) is 0.269. The van der Waals surface area contributed by atoms with E-state index >= 15 is 0 Å². The summed E-state index contributed by atoms with van der Waals surface area (Å²) in [5.74, 6) is -0.0244. The van der Waals surface area contributed by atoms with Gasteiger partial charge in [-0.05, 0) is 60.7 Å². The predicted molar refractivity (Wildman–Crippen MR) is 133 cm³/mol. The van der Waals surface area contributed by atoms with Gasteiger partial charge in [0.15, 0.2) is 0 Å². The van der Waals surface area contributed by atoms with E-state index < -0.39 is 0 Å². The maximum absolute atomic E-state index is 13.4. The van der Waals surface area contributed by atoms with Crippen molar-refractivity contribution < 1.29 is 4.79 Å². The number of nitrogens with one attached hydrogen (secondary N) is 1. The van der Waals surface area contributed by atoms with Crippen molar-refractivity contribution in [2.75, 3.05) is 6.54 Å². The zero-order valence-electron chi connectivity index (χ0n) is 17.6. The minimum atomic E-state index is -0.0244. The molecule has 0 aliphatic carbocycles. The molecule has 166 valence electrons. The predicted octanol–water partition coefficient (Wildman–Crippen LogP) is 6.65. The van der Waals surface area contributed by atoms with Crippen LogP contribution >= 0.6 is 34.8 Å². The molecule has 4 rings (SSSR count). The van der Waals surface area contributed by atoms with E-state index in [1.165, 1.54) is 5.56 Å². The van der Waals surface area contributed by atoms with Crippen LogP contribution in [0.2, 0.25) is 15.1 Å². The highest BCUT2D eigenvalue weighted by molar-refractivity contribution is 6.35. The number of halogens is 3. The van der Waals surface area contributed by atoms with E-state index in [0.717, 1.165) is 36.4 Å². The van der Waals surface area contributed by atoms with Crippen molar-refractivity contribution in [1.82, 2.24) is 10.2 Å². The van der Waals surface area contributed by atoms with Crippen molar-refractivity contribution in [3.8, 4) is 0 Å². The monoisotopic (exact) mass is 486 g/mol. The van der Waals surface area contributed by atoms with Gasteiger partial charge < -0.3 is 10.2 Å². The molecule has 3 aromatic carbocycles. The van der Waals surface area contributed by atoms with Crippen LogP contribution in [0.5, 0.6) is 0 Å². The van der Waals surface area contributed by atoms with E-state index in [0.29, 0.717) is 28.2 Å². The molecule has 1 heterocycles. The average molecular weight is 488 g/mol. The van der Waals surface area contributed by atoms with E-state index in [4.69, 9.17) is 34.8 Å². The second kappa shape index (κ2) is 10.7. The van der Waals surface area contributed by atoms with E-state index in [2.05, 4.69) is 23.5 Å². The van der Waals surface area contributed by atoms with Crippen LogP contribution in [-0.2, 0) is 13.0 Å². The van der Waals surface area contributed by atoms with E-state index in [-0.39, 0.29) is 11.9 Å². The van der Waals surface area contributed by atoms with Gasteiger partial charge in [0, 0.05) is 45.8 Å². The molecule has 0 aromatic heterocycles. The van der Waals surface area contributed by atoms with Crippen LogP contribution in [0.15, 0.2) is 72.8 Å². The first kappa shape index (κ1) is 23.1. The van der Waals surface area contributed by atoms with Gasteiger partial charge in [0.25, 0.3) is 5.91 Å². The van der Waals surface area contributed by atoms with E-state index in [1.54, 1.807) is 18.2 Å². The molecule has 1 fully saturated rings. The summed E-state index contributed by atoms with van der Waals surface area (Å²) in [4.78, 5) is 15.4. The van der Waals surface area contributed by atoms with Gasteiger partial charge in [-0.25, -0.2) is 0 Å². The SMILES string of the molecule is O=C(c1cc(Cl)cc(Cl)c1)N1CC[C@H](NCc2cccc(Cl)c2)C[C@@H]1Cc1ccccc1. The third-order valence-corrected chi connectivity index (χ3v) is 6.56. The lowest BCUT2D eigenvalue weighted by atomic mass is 9.91. The summed E-state index contributed by atoms with van der Waals surface area (Å²) in [5, 5.41) is 5.34. The standard InChI is InChI=1S/C26H25Cl3N2O/c27-21-8-4-7-19(11-21)17-30-24-9-10-31(25(16-24)12-18-5-2-1-3-6-18)26(32)20-13-22(28)15-23(29)14-20/h1-8,11,13-15,24-25,30H,9-10,12,16-17H2/t24-,25-/m0/s1. The molecule has 0 spiro atoms. The number of carbonyl (C=O) groups excluding carboxylic acids is 1. The fourth-order valence-corrected chi connectivity index (χ4v) is 5.07. The van der Waals surface area contributed by atoms with Crippen molar-refractivity contribution >= 4 is 40.7 Å². The summed E-state index contributed by atoms with van der Waals surface area (Å²) in [5.41, 5.74) is 2.91. The minimum absolute atomic E-state index is 0.0244. The Morgan fingerprint density at radius 1 is 0.875 bits per heavy atom.